The first kappa shape index (κ1) is 13.7. The molecule has 3 nitrogen and oxygen atoms in total. The van der Waals surface area contributed by atoms with Crippen LogP contribution in [0.3, 0.4) is 0 Å². The number of amides is 1. The maximum atomic E-state index is 12.3. The van der Waals surface area contributed by atoms with Gasteiger partial charge in [-0.1, -0.05) is 37.3 Å². The summed E-state index contributed by atoms with van der Waals surface area (Å²) in [7, 11) is 1.85. The third-order valence-corrected chi connectivity index (χ3v) is 3.34. The highest BCUT2D eigenvalue weighted by atomic mass is 16.2. The molecule has 1 rings (SSSR count). The number of likely N-dealkylation sites (N-methyl/N-ethyl adjacent to an activating group) is 1. The van der Waals surface area contributed by atoms with Gasteiger partial charge in [0.25, 0.3) is 0 Å². The molecular formula is C14H22N2O. The Kier molecular flexibility index (Phi) is 5.16. The van der Waals surface area contributed by atoms with Crippen LogP contribution in [-0.2, 0) is 4.79 Å². The van der Waals surface area contributed by atoms with Gasteiger partial charge in [0.15, 0.2) is 0 Å². The van der Waals surface area contributed by atoms with Crippen LogP contribution in [0.4, 0.5) is 0 Å². The lowest BCUT2D eigenvalue weighted by Crippen LogP contribution is -2.40. The molecule has 94 valence electrons. The summed E-state index contributed by atoms with van der Waals surface area (Å²) in [5, 5.41) is 0. The van der Waals surface area contributed by atoms with Gasteiger partial charge in [0.1, 0.15) is 0 Å². The summed E-state index contributed by atoms with van der Waals surface area (Å²) in [4.78, 5) is 14.1. The molecule has 1 aromatic rings. The second-order valence-corrected chi connectivity index (χ2v) is 4.41. The van der Waals surface area contributed by atoms with Crippen LogP contribution in [0.1, 0.15) is 31.7 Å². The number of benzene rings is 1. The minimum Gasteiger partial charge on any atom is -0.342 e. The standard InChI is InChI=1S/C14H22N2O/c1-4-11(2)16(3)14(17)13(10-15)12-8-6-5-7-9-12/h5-9,11,13H,4,10,15H2,1-3H3. The summed E-state index contributed by atoms with van der Waals surface area (Å²) in [6.07, 6.45) is 0.953. The molecule has 0 aromatic heterocycles. The molecule has 1 aromatic carbocycles. The molecule has 0 saturated heterocycles. The largest absolute Gasteiger partial charge is 0.342 e. The summed E-state index contributed by atoms with van der Waals surface area (Å²) in [6, 6.07) is 9.99. The molecular weight excluding hydrogens is 212 g/mol. The Morgan fingerprint density at radius 3 is 2.41 bits per heavy atom. The fourth-order valence-corrected chi connectivity index (χ4v) is 1.80. The van der Waals surface area contributed by atoms with Gasteiger partial charge >= 0.3 is 0 Å². The van der Waals surface area contributed by atoms with E-state index in [9.17, 15) is 4.79 Å². The van der Waals surface area contributed by atoms with E-state index in [4.69, 9.17) is 5.73 Å². The van der Waals surface area contributed by atoms with Crippen LogP contribution in [0.2, 0.25) is 0 Å². The highest BCUT2D eigenvalue weighted by Crippen LogP contribution is 2.18. The van der Waals surface area contributed by atoms with Crippen LogP contribution >= 0.6 is 0 Å². The van der Waals surface area contributed by atoms with Crippen molar-refractivity contribution in [2.45, 2.75) is 32.2 Å². The van der Waals surface area contributed by atoms with Gasteiger partial charge in [-0.15, -0.1) is 0 Å². The first-order chi connectivity index (χ1) is 8.11. The first-order valence-corrected chi connectivity index (χ1v) is 6.13. The van der Waals surface area contributed by atoms with Gasteiger partial charge in [-0.05, 0) is 18.9 Å². The molecule has 3 heteroatoms. The molecule has 0 spiro atoms. The van der Waals surface area contributed by atoms with Crippen molar-refractivity contribution in [3.05, 3.63) is 35.9 Å². The molecule has 0 radical (unpaired) electrons. The van der Waals surface area contributed by atoms with E-state index in [1.165, 1.54) is 0 Å². The molecule has 0 fully saturated rings. The summed E-state index contributed by atoms with van der Waals surface area (Å²) in [5.41, 5.74) is 6.73. The van der Waals surface area contributed by atoms with Gasteiger partial charge in [-0.2, -0.15) is 0 Å². The predicted octanol–water partition coefficient (Wildman–Crippen LogP) is 1.99. The van der Waals surface area contributed by atoms with E-state index in [-0.39, 0.29) is 17.9 Å². The van der Waals surface area contributed by atoms with E-state index in [1.807, 2.05) is 37.4 Å². The Hall–Kier alpha value is -1.35. The zero-order chi connectivity index (χ0) is 12.8. The third kappa shape index (κ3) is 3.30. The lowest BCUT2D eigenvalue weighted by Gasteiger charge is -2.28. The van der Waals surface area contributed by atoms with Crippen molar-refractivity contribution in [3.63, 3.8) is 0 Å². The Bertz CT molecular complexity index is 350. The number of rotatable bonds is 5. The average molecular weight is 234 g/mol. The van der Waals surface area contributed by atoms with E-state index < -0.39 is 0 Å². The molecule has 0 heterocycles. The summed E-state index contributed by atoms with van der Waals surface area (Å²) >= 11 is 0. The molecule has 1 amide bonds. The fourth-order valence-electron chi connectivity index (χ4n) is 1.80. The molecule has 17 heavy (non-hydrogen) atoms. The average Bonchev–Trinajstić information content (AvgIpc) is 2.38. The van der Waals surface area contributed by atoms with Gasteiger partial charge < -0.3 is 10.6 Å². The Labute approximate surface area is 104 Å². The monoisotopic (exact) mass is 234 g/mol. The molecule has 2 N–H and O–H groups in total. The van der Waals surface area contributed by atoms with Gasteiger partial charge in [-0.3, -0.25) is 4.79 Å². The number of hydrogen-bond acceptors (Lipinski definition) is 2. The highest BCUT2D eigenvalue weighted by molar-refractivity contribution is 5.84. The van der Waals surface area contributed by atoms with Crippen LogP contribution in [0, 0.1) is 0 Å². The van der Waals surface area contributed by atoms with E-state index in [0.717, 1.165) is 12.0 Å². The number of carbonyl (C=O) groups is 1. The van der Waals surface area contributed by atoms with Crippen LogP contribution in [0.5, 0.6) is 0 Å². The third-order valence-electron chi connectivity index (χ3n) is 3.34. The van der Waals surface area contributed by atoms with Crippen LogP contribution in [0.25, 0.3) is 0 Å². The Morgan fingerprint density at radius 1 is 1.35 bits per heavy atom. The second kappa shape index (κ2) is 6.40. The molecule has 0 saturated carbocycles. The minimum atomic E-state index is -0.227. The van der Waals surface area contributed by atoms with Crippen molar-refractivity contribution >= 4 is 5.91 Å². The summed E-state index contributed by atoms with van der Waals surface area (Å²) in [5.74, 6) is -0.122. The van der Waals surface area contributed by atoms with E-state index >= 15 is 0 Å². The smallest absolute Gasteiger partial charge is 0.231 e. The number of hydrogen-bond donors (Lipinski definition) is 1. The van der Waals surface area contributed by atoms with Gasteiger partial charge in [0.05, 0.1) is 5.92 Å². The number of carbonyl (C=O) groups excluding carboxylic acids is 1. The van der Waals surface area contributed by atoms with Crippen molar-refractivity contribution < 1.29 is 4.79 Å². The number of nitrogens with zero attached hydrogens (tertiary/aromatic N) is 1. The normalized spacial score (nSPS) is 14.1. The molecule has 0 aliphatic heterocycles. The summed E-state index contributed by atoms with van der Waals surface area (Å²) in [6.45, 7) is 4.48. The molecule has 0 bridgehead atoms. The van der Waals surface area contributed by atoms with Crippen molar-refractivity contribution in [2.75, 3.05) is 13.6 Å². The van der Waals surface area contributed by atoms with Crippen molar-refractivity contribution in [1.82, 2.24) is 4.90 Å². The quantitative estimate of drug-likeness (QED) is 0.847. The lowest BCUT2D eigenvalue weighted by molar-refractivity contribution is -0.133. The Morgan fingerprint density at radius 2 is 1.94 bits per heavy atom. The molecule has 2 unspecified atom stereocenters. The van der Waals surface area contributed by atoms with Crippen LogP contribution < -0.4 is 5.73 Å². The molecule has 0 aliphatic rings. The van der Waals surface area contributed by atoms with Crippen molar-refractivity contribution in [1.29, 1.82) is 0 Å². The van der Waals surface area contributed by atoms with Crippen LogP contribution in [-0.4, -0.2) is 30.4 Å². The number of nitrogens with two attached hydrogens (primary N) is 1. The first-order valence-electron chi connectivity index (χ1n) is 6.13. The van der Waals surface area contributed by atoms with E-state index in [0.29, 0.717) is 6.54 Å². The summed E-state index contributed by atoms with van der Waals surface area (Å²) < 4.78 is 0. The van der Waals surface area contributed by atoms with E-state index in [2.05, 4.69) is 13.8 Å². The zero-order valence-electron chi connectivity index (χ0n) is 10.9. The van der Waals surface area contributed by atoms with Crippen LogP contribution in [0.15, 0.2) is 30.3 Å². The van der Waals surface area contributed by atoms with Crippen molar-refractivity contribution in [2.24, 2.45) is 5.73 Å². The van der Waals surface area contributed by atoms with Crippen molar-refractivity contribution in [3.8, 4) is 0 Å². The lowest BCUT2D eigenvalue weighted by atomic mass is 9.97. The predicted molar refractivity (Wildman–Crippen MR) is 70.8 cm³/mol. The maximum absolute atomic E-state index is 12.3. The van der Waals surface area contributed by atoms with E-state index in [1.54, 1.807) is 4.90 Å². The highest BCUT2D eigenvalue weighted by Gasteiger charge is 2.24. The van der Waals surface area contributed by atoms with Gasteiger partial charge in [-0.25, -0.2) is 0 Å². The SMILES string of the molecule is CCC(C)N(C)C(=O)C(CN)c1ccccc1. The fraction of sp³-hybridized carbons (Fsp3) is 0.500. The molecule has 0 aliphatic carbocycles. The van der Waals surface area contributed by atoms with Gasteiger partial charge in [0, 0.05) is 19.6 Å². The Balaban J connectivity index is 2.85. The minimum absolute atomic E-state index is 0.105. The molecule has 2 atom stereocenters. The van der Waals surface area contributed by atoms with Gasteiger partial charge in [0.2, 0.25) is 5.91 Å². The zero-order valence-corrected chi connectivity index (χ0v) is 10.9. The topological polar surface area (TPSA) is 46.3 Å². The second-order valence-electron chi connectivity index (χ2n) is 4.41. The maximum Gasteiger partial charge on any atom is 0.231 e.